The number of carbonyl (C=O) groups is 1. The highest BCUT2D eigenvalue weighted by molar-refractivity contribution is 5.81. The Morgan fingerprint density at radius 1 is 1.24 bits per heavy atom. The molecule has 5 heteroatoms. The van der Waals surface area contributed by atoms with Crippen molar-refractivity contribution in [3.05, 3.63) is 0 Å². The molecule has 1 aliphatic rings. The van der Waals surface area contributed by atoms with Crippen LogP contribution < -0.4 is 16.0 Å². The standard InChI is InChI=1S/C12H24N4O/c1-12(2,3)16-11(13-4)15-8-7-14-10(17)9-5-6-9/h9H,5-8H2,1-4H3,(H,14,17)(H2,13,15,16). The minimum atomic E-state index is -0.0148. The van der Waals surface area contributed by atoms with Gasteiger partial charge in [0.15, 0.2) is 5.96 Å². The zero-order chi connectivity index (χ0) is 12.9. The summed E-state index contributed by atoms with van der Waals surface area (Å²) < 4.78 is 0. The number of guanidine groups is 1. The second kappa shape index (κ2) is 5.89. The van der Waals surface area contributed by atoms with E-state index in [1.54, 1.807) is 7.05 Å². The van der Waals surface area contributed by atoms with E-state index in [2.05, 4.69) is 41.7 Å². The van der Waals surface area contributed by atoms with Crippen LogP contribution in [0.5, 0.6) is 0 Å². The lowest BCUT2D eigenvalue weighted by Gasteiger charge is -2.23. The maximum atomic E-state index is 11.4. The Morgan fingerprint density at radius 3 is 2.29 bits per heavy atom. The van der Waals surface area contributed by atoms with E-state index < -0.39 is 0 Å². The Balaban J connectivity index is 2.13. The summed E-state index contributed by atoms with van der Waals surface area (Å²) in [4.78, 5) is 15.5. The van der Waals surface area contributed by atoms with Crippen LogP contribution in [0.3, 0.4) is 0 Å². The highest BCUT2D eigenvalue weighted by Gasteiger charge is 2.28. The van der Waals surface area contributed by atoms with Gasteiger partial charge in [0, 0.05) is 31.6 Å². The molecule has 5 nitrogen and oxygen atoms in total. The fourth-order valence-electron chi connectivity index (χ4n) is 1.39. The topological polar surface area (TPSA) is 65.5 Å². The first kappa shape index (κ1) is 13.8. The fraction of sp³-hybridized carbons (Fsp3) is 0.833. The maximum absolute atomic E-state index is 11.4. The Morgan fingerprint density at radius 2 is 1.82 bits per heavy atom. The summed E-state index contributed by atoms with van der Waals surface area (Å²) in [6.45, 7) is 7.56. The molecule has 0 heterocycles. The lowest BCUT2D eigenvalue weighted by atomic mass is 10.1. The summed E-state index contributed by atoms with van der Waals surface area (Å²) >= 11 is 0. The van der Waals surface area contributed by atoms with Crippen LogP contribution in [0.15, 0.2) is 4.99 Å². The summed E-state index contributed by atoms with van der Waals surface area (Å²) in [7, 11) is 1.74. The predicted molar refractivity (Wildman–Crippen MR) is 70.0 cm³/mol. The first-order chi connectivity index (χ1) is 7.92. The third kappa shape index (κ3) is 6.14. The molecule has 0 unspecified atom stereocenters. The van der Waals surface area contributed by atoms with Crippen molar-refractivity contribution in [1.82, 2.24) is 16.0 Å². The number of carbonyl (C=O) groups excluding carboxylic acids is 1. The summed E-state index contributed by atoms with van der Waals surface area (Å²) in [5.41, 5.74) is -0.0148. The molecule has 0 aromatic heterocycles. The molecule has 1 rings (SSSR count). The lowest BCUT2D eigenvalue weighted by molar-refractivity contribution is -0.122. The van der Waals surface area contributed by atoms with Gasteiger partial charge in [-0.25, -0.2) is 0 Å². The van der Waals surface area contributed by atoms with Crippen molar-refractivity contribution >= 4 is 11.9 Å². The van der Waals surface area contributed by atoms with Crippen LogP contribution in [0.1, 0.15) is 33.6 Å². The van der Waals surface area contributed by atoms with Crippen LogP contribution in [0, 0.1) is 5.92 Å². The van der Waals surface area contributed by atoms with E-state index in [-0.39, 0.29) is 17.4 Å². The number of amides is 1. The van der Waals surface area contributed by atoms with Crippen LogP contribution in [0.4, 0.5) is 0 Å². The van der Waals surface area contributed by atoms with Crippen LogP contribution >= 0.6 is 0 Å². The molecule has 0 saturated heterocycles. The molecule has 3 N–H and O–H groups in total. The number of aliphatic imine (C=N–C) groups is 1. The minimum Gasteiger partial charge on any atom is -0.355 e. The molecule has 17 heavy (non-hydrogen) atoms. The largest absolute Gasteiger partial charge is 0.355 e. The zero-order valence-corrected chi connectivity index (χ0v) is 11.3. The Bertz CT molecular complexity index is 289. The molecule has 1 fully saturated rings. The summed E-state index contributed by atoms with van der Waals surface area (Å²) in [5, 5.41) is 9.32. The van der Waals surface area contributed by atoms with E-state index in [4.69, 9.17) is 0 Å². The van der Waals surface area contributed by atoms with Crippen molar-refractivity contribution in [1.29, 1.82) is 0 Å². The van der Waals surface area contributed by atoms with E-state index in [0.29, 0.717) is 13.1 Å². The van der Waals surface area contributed by atoms with Crippen molar-refractivity contribution < 1.29 is 4.79 Å². The molecule has 0 aromatic rings. The van der Waals surface area contributed by atoms with Gasteiger partial charge in [-0.1, -0.05) is 0 Å². The van der Waals surface area contributed by atoms with E-state index in [0.717, 1.165) is 18.8 Å². The third-order valence-corrected chi connectivity index (χ3v) is 2.38. The Labute approximate surface area is 103 Å². The molecule has 0 bridgehead atoms. The SMILES string of the molecule is CN=C(NCCNC(=O)C1CC1)NC(C)(C)C. The average molecular weight is 240 g/mol. The van der Waals surface area contributed by atoms with Crippen molar-refractivity contribution in [2.45, 2.75) is 39.2 Å². The second-order valence-electron chi connectivity index (χ2n) is 5.44. The van der Waals surface area contributed by atoms with Crippen LogP contribution in [0.2, 0.25) is 0 Å². The van der Waals surface area contributed by atoms with Gasteiger partial charge in [0.1, 0.15) is 0 Å². The molecule has 0 radical (unpaired) electrons. The fourth-order valence-corrected chi connectivity index (χ4v) is 1.39. The molecule has 0 aliphatic heterocycles. The normalized spacial score (nSPS) is 16.6. The summed E-state index contributed by atoms with van der Waals surface area (Å²) in [6, 6.07) is 0. The van der Waals surface area contributed by atoms with E-state index in [1.165, 1.54) is 0 Å². The van der Waals surface area contributed by atoms with E-state index in [9.17, 15) is 4.79 Å². The first-order valence-corrected chi connectivity index (χ1v) is 6.19. The van der Waals surface area contributed by atoms with Crippen LogP contribution in [-0.2, 0) is 4.79 Å². The monoisotopic (exact) mass is 240 g/mol. The number of hydrogen-bond donors (Lipinski definition) is 3. The van der Waals surface area contributed by atoms with Gasteiger partial charge in [-0.3, -0.25) is 9.79 Å². The van der Waals surface area contributed by atoms with E-state index >= 15 is 0 Å². The van der Waals surface area contributed by atoms with Gasteiger partial charge >= 0.3 is 0 Å². The van der Waals surface area contributed by atoms with Gasteiger partial charge in [-0.2, -0.15) is 0 Å². The Kier molecular flexibility index (Phi) is 4.78. The molecule has 0 atom stereocenters. The predicted octanol–water partition coefficient (Wildman–Crippen LogP) is 0.476. The molecule has 0 aromatic carbocycles. The quantitative estimate of drug-likeness (QED) is 0.380. The second-order valence-corrected chi connectivity index (χ2v) is 5.44. The van der Waals surface area contributed by atoms with Gasteiger partial charge in [-0.15, -0.1) is 0 Å². The highest BCUT2D eigenvalue weighted by atomic mass is 16.2. The molecule has 1 amide bonds. The van der Waals surface area contributed by atoms with Gasteiger partial charge < -0.3 is 16.0 Å². The first-order valence-electron chi connectivity index (χ1n) is 6.19. The number of nitrogens with zero attached hydrogens (tertiary/aromatic N) is 1. The van der Waals surface area contributed by atoms with Crippen molar-refractivity contribution in [2.24, 2.45) is 10.9 Å². The number of hydrogen-bond acceptors (Lipinski definition) is 2. The van der Waals surface area contributed by atoms with Crippen molar-refractivity contribution in [3.8, 4) is 0 Å². The zero-order valence-electron chi connectivity index (χ0n) is 11.3. The molecular weight excluding hydrogens is 216 g/mol. The van der Waals surface area contributed by atoms with Crippen molar-refractivity contribution in [3.63, 3.8) is 0 Å². The molecule has 1 saturated carbocycles. The van der Waals surface area contributed by atoms with Crippen LogP contribution in [0.25, 0.3) is 0 Å². The summed E-state index contributed by atoms with van der Waals surface area (Å²) in [6.07, 6.45) is 2.10. The lowest BCUT2D eigenvalue weighted by Crippen LogP contribution is -2.49. The minimum absolute atomic E-state index is 0.0148. The summed E-state index contributed by atoms with van der Waals surface area (Å²) in [5.74, 6) is 1.23. The van der Waals surface area contributed by atoms with Gasteiger partial charge in [0.25, 0.3) is 0 Å². The maximum Gasteiger partial charge on any atom is 0.223 e. The van der Waals surface area contributed by atoms with Gasteiger partial charge in [0.05, 0.1) is 0 Å². The Hall–Kier alpha value is -1.26. The molecule has 98 valence electrons. The van der Waals surface area contributed by atoms with Gasteiger partial charge in [-0.05, 0) is 33.6 Å². The highest BCUT2D eigenvalue weighted by Crippen LogP contribution is 2.28. The van der Waals surface area contributed by atoms with Crippen LogP contribution in [-0.4, -0.2) is 37.5 Å². The molecule has 0 spiro atoms. The average Bonchev–Trinajstić information content (AvgIpc) is 3.04. The number of rotatable bonds is 4. The van der Waals surface area contributed by atoms with E-state index in [1.807, 2.05) is 0 Å². The molecule has 1 aliphatic carbocycles. The smallest absolute Gasteiger partial charge is 0.223 e. The molecular formula is C12H24N4O. The van der Waals surface area contributed by atoms with Crippen molar-refractivity contribution in [2.75, 3.05) is 20.1 Å². The third-order valence-electron chi connectivity index (χ3n) is 2.38. The number of nitrogens with one attached hydrogen (secondary N) is 3. The van der Waals surface area contributed by atoms with Gasteiger partial charge in [0.2, 0.25) is 5.91 Å².